The van der Waals surface area contributed by atoms with Crippen LogP contribution in [0.1, 0.15) is 28.4 Å². The van der Waals surface area contributed by atoms with Crippen molar-refractivity contribution < 1.29 is 37.4 Å². The maximum Gasteiger partial charge on any atom is 0.387 e. The fourth-order valence-electron chi connectivity index (χ4n) is 2.66. The first-order chi connectivity index (χ1) is 14.7. The Labute approximate surface area is 181 Å². The van der Waals surface area contributed by atoms with Crippen molar-refractivity contribution in [1.82, 2.24) is 5.32 Å². The van der Waals surface area contributed by atoms with E-state index in [9.17, 15) is 23.2 Å². The van der Waals surface area contributed by atoms with E-state index in [2.05, 4.69) is 10.1 Å². The van der Waals surface area contributed by atoms with E-state index < -0.39 is 37.0 Å². The molecule has 0 fully saturated rings. The summed E-state index contributed by atoms with van der Waals surface area (Å²) in [7, 11) is 1.22. The van der Waals surface area contributed by atoms with Gasteiger partial charge >= 0.3 is 18.6 Å². The Morgan fingerprint density at radius 2 is 1.84 bits per heavy atom. The number of rotatable bonds is 10. The number of ether oxygens (including phenoxy) is 3. The minimum atomic E-state index is -3.06. The van der Waals surface area contributed by atoms with Crippen molar-refractivity contribution in [2.45, 2.75) is 19.1 Å². The number of carbonyl (C=O) groups excluding carboxylic acids is 3. The molecule has 0 aliphatic heterocycles. The number of nitrogens with two attached hydrogens (primary N) is 1. The second-order valence-corrected chi connectivity index (χ2v) is 6.52. The number of alkyl halides is 2. The average Bonchev–Trinajstić information content (AvgIpc) is 2.71. The Balaban J connectivity index is 2.03. The van der Waals surface area contributed by atoms with Crippen LogP contribution in [0.4, 0.5) is 13.6 Å². The van der Waals surface area contributed by atoms with E-state index >= 15 is 0 Å². The summed E-state index contributed by atoms with van der Waals surface area (Å²) in [4.78, 5) is 35.8. The van der Waals surface area contributed by atoms with Crippen LogP contribution in [0.25, 0.3) is 0 Å². The standard InChI is InChI=1S/C20H19ClF2N2O6/c1-29-17-8-11(6-7-16(17)31-19(22)23)15(26)10-30-18(27)9-14(25-20(24)28)12-4-2-3-5-13(12)21/h2-8,14,19H,9-10H2,1H3,(H3,24,25,28). The summed E-state index contributed by atoms with van der Waals surface area (Å²) < 4.78 is 39.0. The van der Waals surface area contributed by atoms with Gasteiger partial charge in [0.05, 0.1) is 19.6 Å². The molecule has 0 saturated heterocycles. The Bertz CT molecular complexity index is 957. The molecule has 0 spiro atoms. The van der Waals surface area contributed by atoms with Crippen LogP contribution >= 0.6 is 11.6 Å². The number of urea groups is 1. The monoisotopic (exact) mass is 456 g/mol. The molecule has 0 aliphatic carbocycles. The number of Topliss-reactive ketones (excluding diaryl/α,β-unsaturated/α-hetero) is 1. The van der Waals surface area contributed by atoms with Crippen LogP contribution in [-0.2, 0) is 9.53 Å². The smallest absolute Gasteiger partial charge is 0.387 e. The Morgan fingerprint density at radius 3 is 2.45 bits per heavy atom. The van der Waals surface area contributed by atoms with Gasteiger partial charge in [-0.15, -0.1) is 0 Å². The van der Waals surface area contributed by atoms with Gasteiger partial charge in [0.1, 0.15) is 0 Å². The van der Waals surface area contributed by atoms with Crippen molar-refractivity contribution in [2.75, 3.05) is 13.7 Å². The Hall–Kier alpha value is -3.40. The van der Waals surface area contributed by atoms with Gasteiger partial charge < -0.3 is 25.3 Å². The highest BCUT2D eigenvalue weighted by atomic mass is 35.5. The molecule has 2 amide bonds. The summed E-state index contributed by atoms with van der Waals surface area (Å²) >= 11 is 6.10. The SMILES string of the molecule is COc1cc(C(=O)COC(=O)CC(NC(N)=O)c2ccccc2Cl)ccc1OC(F)F. The zero-order chi connectivity index (χ0) is 23.0. The van der Waals surface area contributed by atoms with Crippen molar-refractivity contribution in [1.29, 1.82) is 0 Å². The highest BCUT2D eigenvalue weighted by molar-refractivity contribution is 6.31. The highest BCUT2D eigenvalue weighted by Gasteiger charge is 2.22. The van der Waals surface area contributed by atoms with Crippen molar-refractivity contribution in [2.24, 2.45) is 5.73 Å². The van der Waals surface area contributed by atoms with E-state index in [1.54, 1.807) is 24.3 Å². The van der Waals surface area contributed by atoms with Gasteiger partial charge in [0.2, 0.25) is 0 Å². The third-order valence-electron chi connectivity index (χ3n) is 4.03. The number of amides is 2. The molecule has 3 N–H and O–H groups in total. The van der Waals surface area contributed by atoms with Gasteiger partial charge in [-0.1, -0.05) is 29.8 Å². The summed E-state index contributed by atoms with van der Waals surface area (Å²) in [5.74, 6) is -1.72. The number of methoxy groups -OCH3 is 1. The molecular formula is C20H19ClF2N2O6. The number of benzene rings is 2. The zero-order valence-electron chi connectivity index (χ0n) is 16.3. The summed E-state index contributed by atoms with van der Waals surface area (Å²) in [6, 6.07) is 8.37. The van der Waals surface area contributed by atoms with E-state index in [1.807, 2.05) is 0 Å². The number of hydrogen-bond donors (Lipinski definition) is 2. The first-order valence-corrected chi connectivity index (χ1v) is 9.21. The van der Waals surface area contributed by atoms with Gasteiger partial charge in [0, 0.05) is 10.6 Å². The quantitative estimate of drug-likeness (QED) is 0.417. The van der Waals surface area contributed by atoms with E-state index in [-0.39, 0.29) is 23.5 Å². The molecule has 1 atom stereocenters. The molecule has 2 rings (SSSR count). The fourth-order valence-corrected chi connectivity index (χ4v) is 2.92. The molecular weight excluding hydrogens is 438 g/mol. The van der Waals surface area contributed by atoms with E-state index in [0.717, 1.165) is 6.07 Å². The lowest BCUT2D eigenvalue weighted by Gasteiger charge is -2.18. The average molecular weight is 457 g/mol. The minimum Gasteiger partial charge on any atom is -0.493 e. The van der Waals surface area contributed by atoms with Crippen molar-refractivity contribution in [3.63, 3.8) is 0 Å². The number of hydrogen-bond acceptors (Lipinski definition) is 6. The molecule has 31 heavy (non-hydrogen) atoms. The first kappa shape index (κ1) is 23.9. The van der Waals surface area contributed by atoms with Gasteiger partial charge in [0.25, 0.3) is 0 Å². The normalized spacial score (nSPS) is 11.5. The molecule has 2 aromatic rings. The van der Waals surface area contributed by atoms with Crippen LogP contribution in [0.15, 0.2) is 42.5 Å². The number of nitrogens with one attached hydrogen (secondary N) is 1. The lowest BCUT2D eigenvalue weighted by Crippen LogP contribution is -2.35. The van der Waals surface area contributed by atoms with Crippen LogP contribution in [0, 0.1) is 0 Å². The third kappa shape index (κ3) is 7.10. The first-order valence-electron chi connectivity index (χ1n) is 8.83. The lowest BCUT2D eigenvalue weighted by atomic mass is 10.0. The molecule has 8 nitrogen and oxygen atoms in total. The molecule has 0 heterocycles. The Morgan fingerprint density at radius 1 is 1.13 bits per heavy atom. The van der Waals surface area contributed by atoms with E-state index in [4.69, 9.17) is 26.8 Å². The van der Waals surface area contributed by atoms with Gasteiger partial charge in [-0.25, -0.2) is 4.79 Å². The molecule has 0 aliphatic rings. The maximum absolute atomic E-state index is 12.4. The van der Waals surface area contributed by atoms with E-state index in [0.29, 0.717) is 10.6 Å². The Kier molecular flexibility index (Phi) is 8.56. The molecule has 0 saturated carbocycles. The second kappa shape index (κ2) is 11.1. The number of carbonyl (C=O) groups is 3. The largest absolute Gasteiger partial charge is 0.493 e. The molecule has 1 unspecified atom stereocenters. The van der Waals surface area contributed by atoms with Crippen LogP contribution in [0.5, 0.6) is 11.5 Å². The van der Waals surface area contributed by atoms with Crippen LogP contribution in [-0.4, -0.2) is 38.1 Å². The number of esters is 1. The van der Waals surface area contributed by atoms with Crippen LogP contribution < -0.4 is 20.5 Å². The second-order valence-electron chi connectivity index (χ2n) is 6.11. The summed E-state index contributed by atoms with van der Waals surface area (Å²) in [6.45, 7) is -3.68. The summed E-state index contributed by atoms with van der Waals surface area (Å²) in [5.41, 5.74) is 5.66. The highest BCUT2D eigenvalue weighted by Crippen LogP contribution is 2.30. The zero-order valence-corrected chi connectivity index (χ0v) is 17.0. The molecule has 2 aromatic carbocycles. The van der Waals surface area contributed by atoms with Gasteiger partial charge in [-0.2, -0.15) is 8.78 Å². The van der Waals surface area contributed by atoms with Crippen molar-refractivity contribution in [3.05, 3.63) is 58.6 Å². The van der Waals surface area contributed by atoms with Gasteiger partial charge in [-0.05, 0) is 29.8 Å². The number of halogens is 3. The van der Waals surface area contributed by atoms with Crippen LogP contribution in [0.3, 0.4) is 0 Å². The van der Waals surface area contributed by atoms with Crippen LogP contribution in [0.2, 0.25) is 5.02 Å². The third-order valence-corrected chi connectivity index (χ3v) is 4.38. The molecule has 0 radical (unpaired) electrons. The van der Waals surface area contributed by atoms with E-state index in [1.165, 1.54) is 19.2 Å². The van der Waals surface area contributed by atoms with Gasteiger partial charge in [0.15, 0.2) is 23.9 Å². The predicted molar refractivity (Wildman–Crippen MR) is 106 cm³/mol. The fraction of sp³-hybridized carbons (Fsp3) is 0.250. The maximum atomic E-state index is 12.4. The molecule has 166 valence electrons. The minimum absolute atomic E-state index is 0.0594. The molecule has 0 aromatic heterocycles. The van der Waals surface area contributed by atoms with Crippen molar-refractivity contribution >= 4 is 29.4 Å². The molecule has 0 bridgehead atoms. The summed E-state index contributed by atoms with van der Waals surface area (Å²) in [6.07, 6.45) is -0.329. The predicted octanol–water partition coefficient (Wildman–Crippen LogP) is 3.48. The van der Waals surface area contributed by atoms with Crippen molar-refractivity contribution in [3.8, 4) is 11.5 Å². The molecule has 11 heteroatoms. The van der Waals surface area contributed by atoms with Gasteiger partial charge in [-0.3, -0.25) is 9.59 Å². The number of primary amides is 1. The topological polar surface area (TPSA) is 117 Å². The summed E-state index contributed by atoms with van der Waals surface area (Å²) in [5, 5.41) is 2.71. The number of ketones is 1. The lowest BCUT2D eigenvalue weighted by molar-refractivity contribution is -0.143.